The first-order valence-electron chi connectivity index (χ1n) is 10.0. The van der Waals surface area contributed by atoms with E-state index in [1.165, 1.54) is 0 Å². The molecule has 26 heavy (non-hydrogen) atoms. The molecule has 0 aromatic rings. The smallest absolute Gasteiger partial charge is 0.189 e. The molecule has 2 aliphatic rings. The molecular weight excluding hydrogens is 336 g/mol. The number of carbonyl (C=O) groups is 1. The standard InChI is InChI=1S/C7H14O3.C7H12O3.3C2H6/c2*1-5-7(8)6(9-2)3-4-10-5;3*1-2/h5-8H,3-4H2,1-2H3;5-6H,3-4H2,1-2H3;3*1-2H3/t5?,6?,7-;;;;/m0..../s1. The molecule has 5 atom stereocenters. The number of rotatable bonds is 2. The molecule has 0 saturated carbocycles. The number of ether oxygens (including phenoxy) is 4. The lowest BCUT2D eigenvalue weighted by Gasteiger charge is -2.31. The van der Waals surface area contributed by atoms with E-state index in [-0.39, 0.29) is 30.2 Å². The van der Waals surface area contributed by atoms with Gasteiger partial charge in [-0.05, 0) is 20.3 Å². The Kier molecular flexibility index (Phi) is 24.1. The first kappa shape index (κ1) is 30.2. The van der Waals surface area contributed by atoms with Gasteiger partial charge in [-0.25, -0.2) is 0 Å². The maximum Gasteiger partial charge on any atom is 0.189 e. The van der Waals surface area contributed by atoms with Crippen LogP contribution in [-0.4, -0.2) is 68.8 Å². The van der Waals surface area contributed by atoms with Gasteiger partial charge in [-0.15, -0.1) is 0 Å². The van der Waals surface area contributed by atoms with Gasteiger partial charge in [-0.3, -0.25) is 4.79 Å². The largest absolute Gasteiger partial charge is 0.388 e. The van der Waals surface area contributed by atoms with E-state index in [9.17, 15) is 9.90 Å². The van der Waals surface area contributed by atoms with Crippen LogP contribution in [-0.2, 0) is 23.7 Å². The highest BCUT2D eigenvalue weighted by Crippen LogP contribution is 2.16. The van der Waals surface area contributed by atoms with Crippen molar-refractivity contribution >= 4 is 5.78 Å². The fraction of sp³-hybridized carbons (Fsp3) is 0.950. The van der Waals surface area contributed by atoms with Crippen LogP contribution in [0.15, 0.2) is 0 Å². The van der Waals surface area contributed by atoms with Crippen LogP contribution >= 0.6 is 0 Å². The van der Waals surface area contributed by atoms with E-state index in [4.69, 9.17) is 18.9 Å². The zero-order valence-electron chi connectivity index (χ0n) is 18.7. The fourth-order valence-corrected chi connectivity index (χ4v) is 2.27. The predicted octanol–water partition coefficient (Wildman–Crippen LogP) is 3.63. The number of carbonyl (C=O) groups excluding carboxylic acids is 1. The Morgan fingerprint density at radius 2 is 1.38 bits per heavy atom. The zero-order valence-corrected chi connectivity index (χ0v) is 18.7. The van der Waals surface area contributed by atoms with Crippen LogP contribution in [0.4, 0.5) is 0 Å². The molecule has 2 aliphatic heterocycles. The van der Waals surface area contributed by atoms with Crippen LogP contribution in [0.3, 0.4) is 0 Å². The minimum Gasteiger partial charge on any atom is -0.388 e. The second-order valence-corrected chi connectivity index (χ2v) is 5.06. The van der Waals surface area contributed by atoms with Crippen LogP contribution < -0.4 is 0 Å². The summed E-state index contributed by atoms with van der Waals surface area (Å²) >= 11 is 0. The van der Waals surface area contributed by atoms with Gasteiger partial charge in [0.05, 0.1) is 18.8 Å². The average molecular weight is 381 g/mol. The van der Waals surface area contributed by atoms with Gasteiger partial charge in [0, 0.05) is 27.2 Å². The third kappa shape index (κ3) is 12.0. The maximum atomic E-state index is 11.1. The molecule has 0 aromatic carbocycles. The molecule has 6 nitrogen and oxygen atoms in total. The van der Waals surface area contributed by atoms with E-state index in [0.717, 1.165) is 6.42 Å². The maximum absolute atomic E-state index is 11.1. The number of Topliss-reactive ketones (excluding diaryl/α,β-unsaturated/α-hetero) is 1. The Morgan fingerprint density at radius 3 is 1.77 bits per heavy atom. The molecule has 0 radical (unpaired) electrons. The Labute approximate surface area is 161 Å². The third-order valence-electron chi connectivity index (χ3n) is 3.70. The highest BCUT2D eigenvalue weighted by molar-refractivity contribution is 5.87. The molecule has 2 fully saturated rings. The molecular formula is C20H44O6. The number of ketones is 1. The average Bonchev–Trinajstić information content (AvgIpc) is 2.71. The summed E-state index contributed by atoms with van der Waals surface area (Å²) in [4.78, 5) is 11.1. The Bertz CT molecular complexity index is 298. The van der Waals surface area contributed by atoms with Gasteiger partial charge in [0.1, 0.15) is 18.3 Å². The molecule has 0 bridgehead atoms. The minimum atomic E-state index is -0.459. The van der Waals surface area contributed by atoms with Crippen LogP contribution in [0.5, 0.6) is 0 Å². The second-order valence-electron chi connectivity index (χ2n) is 5.06. The molecule has 2 saturated heterocycles. The molecule has 0 aliphatic carbocycles. The van der Waals surface area contributed by atoms with Crippen molar-refractivity contribution in [2.75, 3.05) is 27.4 Å². The van der Waals surface area contributed by atoms with Crippen molar-refractivity contribution in [2.24, 2.45) is 0 Å². The second kappa shape index (κ2) is 20.8. The third-order valence-corrected chi connectivity index (χ3v) is 3.70. The summed E-state index contributed by atoms with van der Waals surface area (Å²) in [7, 11) is 3.17. The van der Waals surface area contributed by atoms with Gasteiger partial charge >= 0.3 is 0 Å². The SMILES string of the molecule is CC.CC.CC.COC1CCOC(C)C1=O.COC1CCOC(C)[C@@H]1O. The molecule has 4 unspecified atom stereocenters. The summed E-state index contributed by atoms with van der Waals surface area (Å²) in [5, 5.41) is 9.39. The number of aliphatic hydroxyl groups is 1. The molecule has 1 N–H and O–H groups in total. The fourth-order valence-electron chi connectivity index (χ4n) is 2.27. The van der Waals surface area contributed by atoms with Gasteiger partial charge in [-0.1, -0.05) is 41.5 Å². The van der Waals surface area contributed by atoms with Gasteiger partial charge in [0.25, 0.3) is 0 Å². The van der Waals surface area contributed by atoms with E-state index in [2.05, 4.69) is 0 Å². The van der Waals surface area contributed by atoms with Gasteiger partial charge < -0.3 is 24.1 Å². The topological polar surface area (TPSA) is 74.2 Å². The molecule has 0 amide bonds. The quantitative estimate of drug-likeness (QED) is 0.788. The lowest BCUT2D eigenvalue weighted by Crippen LogP contribution is -2.43. The predicted molar refractivity (Wildman–Crippen MR) is 107 cm³/mol. The summed E-state index contributed by atoms with van der Waals surface area (Å²) in [5.74, 6) is 0.0637. The molecule has 160 valence electrons. The number of methoxy groups -OCH3 is 2. The van der Waals surface area contributed by atoms with Gasteiger partial charge in [-0.2, -0.15) is 0 Å². The lowest BCUT2D eigenvalue weighted by molar-refractivity contribution is -0.148. The highest BCUT2D eigenvalue weighted by Gasteiger charge is 2.29. The number of aliphatic hydroxyl groups excluding tert-OH is 1. The van der Waals surface area contributed by atoms with E-state index in [1.807, 2.05) is 48.5 Å². The molecule has 6 heteroatoms. The summed E-state index contributed by atoms with van der Waals surface area (Å²) < 4.78 is 20.3. The van der Waals surface area contributed by atoms with Crippen molar-refractivity contribution in [3.8, 4) is 0 Å². The monoisotopic (exact) mass is 380 g/mol. The number of hydrogen-bond donors (Lipinski definition) is 1. The molecule has 0 aromatic heterocycles. The van der Waals surface area contributed by atoms with Crippen molar-refractivity contribution in [3.05, 3.63) is 0 Å². The first-order valence-corrected chi connectivity index (χ1v) is 10.0. The Morgan fingerprint density at radius 1 is 0.885 bits per heavy atom. The van der Waals surface area contributed by atoms with E-state index in [0.29, 0.717) is 19.6 Å². The van der Waals surface area contributed by atoms with Gasteiger partial charge in [0.15, 0.2) is 5.78 Å². The zero-order chi connectivity index (χ0) is 21.1. The van der Waals surface area contributed by atoms with Crippen molar-refractivity contribution in [2.45, 2.75) is 98.8 Å². The molecule has 2 heterocycles. The molecule has 2 rings (SSSR count). The van der Waals surface area contributed by atoms with Crippen molar-refractivity contribution < 1.29 is 28.8 Å². The van der Waals surface area contributed by atoms with E-state index < -0.39 is 6.10 Å². The normalized spacial score (nSPS) is 30.0. The van der Waals surface area contributed by atoms with Crippen molar-refractivity contribution in [1.29, 1.82) is 0 Å². The lowest BCUT2D eigenvalue weighted by atomic mass is 10.0. The summed E-state index contributed by atoms with van der Waals surface area (Å²) in [6, 6.07) is 0. The minimum absolute atomic E-state index is 0.0382. The Hall–Kier alpha value is -0.530. The van der Waals surface area contributed by atoms with Crippen LogP contribution in [0, 0.1) is 0 Å². The summed E-state index contributed by atoms with van der Waals surface area (Å²) in [5.41, 5.74) is 0. The van der Waals surface area contributed by atoms with Gasteiger partial charge in [0.2, 0.25) is 0 Å². The van der Waals surface area contributed by atoms with Crippen LogP contribution in [0.25, 0.3) is 0 Å². The van der Waals surface area contributed by atoms with Crippen LogP contribution in [0.2, 0.25) is 0 Å². The van der Waals surface area contributed by atoms with E-state index >= 15 is 0 Å². The summed E-state index contributed by atoms with van der Waals surface area (Å²) in [6.07, 6.45) is 0.394. The summed E-state index contributed by atoms with van der Waals surface area (Å²) in [6.45, 7) is 16.9. The highest BCUT2D eigenvalue weighted by atomic mass is 16.5. The first-order chi connectivity index (χ1) is 12.5. The van der Waals surface area contributed by atoms with Crippen molar-refractivity contribution in [3.63, 3.8) is 0 Å². The van der Waals surface area contributed by atoms with Crippen LogP contribution in [0.1, 0.15) is 68.2 Å². The molecule has 0 spiro atoms. The number of hydrogen-bond acceptors (Lipinski definition) is 6. The van der Waals surface area contributed by atoms with E-state index in [1.54, 1.807) is 21.1 Å². The van der Waals surface area contributed by atoms with Crippen molar-refractivity contribution in [1.82, 2.24) is 0 Å². The Balaban J connectivity index is -0.000000316.